The van der Waals surface area contributed by atoms with Gasteiger partial charge in [0.2, 0.25) is 11.8 Å². The van der Waals surface area contributed by atoms with Crippen LogP contribution in [0.4, 0.5) is 4.79 Å². The highest BCUT2D eigenvalue weighted by molar-refractivity contribution is 5.92. The van der Waals surface area contributed by atoms with Gasteiger partial charge in [-0.15, -0.1) is 0 Å². The molecular weight excluding hydrogens is 430 g/mol. The summed E-state index contributed by atoms with van der Waals surface area (Å²) in [5.41, 5.74) is 1.13. The van der Waals surface area contributed by atoms with Gasteiger partial charge in [-0.2, -0.15) is 0 Å². The monoisotopic (exact) mass is 475 g/mol. The number of ether oxygens (including phenoxy) is 1. The van der Waals surface area contributed by atoms with Gasteiger partial charge in [-0.05, 0) is 65.9 Å². The van der Waals surface area contributed by atoms with Gasteiger partial charge in [-0.25, -0.2) is 4.79 Å². The molecule has 3 atom stereocenters. The molecule has 0 saturated heterocycles. The lowest BCUT2D eigenvalue weighted by Crippen LogP contribution is -2.53. The van der Waals surface area contributed by atoms with Crippen LogP contribution in [0.2, 0.25) is 0 Å². The average Bonchev–Trinajstić information content (AvgIpc) is 2.70. The number of carbonyl (C=O) groups excluding carboxylic acids is 3. The van der Waals surface area contributed by atoms with Crippen LogP contribution in [-0.2, 0) is 14.3 Å². The largest absolute Gasteiger partial charge is 0.444 e. The van der Waals surface area contributed by atoms with E-state index in [1.54, 1.807) is 25.7 Å². The van der Waals surface area contributed by atoms with E-state index >= 15 is 0 Å². The number of likely N-dealkylation sites (N-methyl/N-ethyl adjacent to an activating group) is 1. The molecule has 3 amide bonds. The first kappa shape index (κ1) is 29.5. The molecule has 2 N–H and O–H groups in total. The van der Waals surface area contributed by atoms with Crippen LogP contribution in [0.3, 0.4) is 0 Å². The molecule has 34 heavy (non-hydrogen) atoms. The van der Waals surface area contributed by atoms with Crippen molar-refractivity contribution < 1.29 is 19.1 Å². The molecule has 0 heterocycles. The van der Waals surface area contributed by atoms with Crippen molar-refractivity contribution in [3.63, 3.8) is 0 Å². The van der Waals surface area contributed by atoms with E-state index in [9.17, 15) is 14.4 Å². The van der Waals surface area contributed by atoms with Crippen molar-refractivity contribution in [3.8, 4) is 0 Å². The molecule has 0 fully saturated rings. The fourth-order valence-corrected chi connectivity index (χ4v) is 3.86. The highest BCUT2D eigenvalue weighted by Gasteiger charge is 2.36. The minimum Gasteiger partial charge on any atom is -0.444 e. The molecule has 7 heteroatoms. The van der Waals surface area contributed by atoms with E-state index in [-0.39, 0.29) is 23.8 Å². The van der Waals surface area contributed by atoms with Crippen LogP contribution in [-0.4, -0.2) is 47.0 Å². The number of amides is 3. The molecule has 1 aromatic carbocycles. The standard InChI is InChI=1S/C27H45N3O4/c1-10-12-20(6)28-24(31)23(21-15-13-19(5)14-16-21)30(11-2)25(32)22(17-18(3)4)29-26(33)34-27(7,8)9/h13-16,18,20,22-23H,10-12,17H2,1-9H3,(H,28,31)(H,29,33). The normalized spacial score (nSPS) is 14.2. The van der Waals surface area contributed by atoms with E-state index in [1.165, 1.54) is 0 Å². The predicted octanol–water partition coefficient (Wildman–Crippen LogP) is 5.13. The van der Waals surface area contributed by atoms with Gasteiger partial charge in [0.05, 0.1) is 0 Å². The van der Waals surface area contributed by atoms with Crippen LogP contribution < -0.4 is 10.6 Å². The lowest BCUT2D eigenvalue weighted by molar-refractivity contribution is -0.142. The van der Waals surface area contributed by atoms with Gasteiger partial charge < -0.3 is 20.3 Å². The summed E-state index contributed by atoms with van der Waals surface area (Å²) in [6, 6.07) is 6.04. The fraction of sp³-hybridized carbons (Fsp3) is 0.667. The van der Waals surface area contributed by atoms with Crippen molar-refractivity contribution in [2.75, 3.05) is 6.54 Å². The van der Waals surface area contributed by atoms with E-state index in [4.69, 9.17) is 4.74 Å². The number of rotatable bonds is 11. The number of benzene rings is 1. The third kappa shape index (κ3) is 9.74. The second-order valence-electron chi connectivity index (χ2n) is 10.5. The Labute approximate surface area is 206 Å². The molecule has 0 aliphatic heterocycles. The van der Waals surface area contributed by atoms with Crippen molar-refractivity contribution in [2.24, 2.45) is 5.92 Å². The number of carbonyl (C=O) groups is 3. The van der Waals surface area contributed by atoms with E-state index < -0.39 is 23.8 Å². The number of alkyl carbamates (subject to hydrolysis) is 1. The number of nitrogens with zero attached hydrogens (tertiary/aromatic N) is 1. The highest BCUT2D eigenvalue weighted by atomic mass is 16.6. The van der Waals surface area contributed by atoms with Crippen LogP contribution in [0.5, 0.6) is 0 Å². The minimum atomic E-state index is -0.802. The van der Waals surface area contributed by atoms with Gasteiger partial charge in [0, 0.05) is 12.6 Å². The first-order valence-corrected chi connectivity index (χ1v) is 12.5. The lowest BCUT2D eigenvalue weighted by atomic mass is 9.98. The van der Waals surface area contributed by atoms with Crippen LogP contribution in [0.25, 0.3) is 0 Å². The smallest absolute Gasteiger partial charge is 0.408 e. The van der Waals surface area contributed by atoms with Crippen molar-refractivity contribution in [1.82, 2.24) is 15.5 Å². The summed E-state index contributed by atoms with van der Waals surface area (Å²) in [6.07, 6.45) is 1.59. The zero-order chi connectivity index (χ0) is 26.1. The van der Waals surface area contributed by atoms with E-state index in [0.717, 1.165) is 24.0 Å². The molecule has 0 bridgehead atoms. The molecule has 0 aliphatic carbocycles. The molecule has 3 unspecified atom stereocenters. The van der Waals surface area contributed by atoms with Gasteiger partial charge in [0.25, 0.3) is 0 Å². The van der Waals surface area contributed by atoms with Crippen molar-refractivity contribution in [1.29, 1.82) is 0 Å². The number of nitrogens with one attached hydrogen (secondary N) is 2. The van der Waals surface area contributed by atoms with E-state index in [0.29, 0.717) is 13.0 Å². The maximum atomic E-state index is 13.8. The van der Waals surface area contributed by atoms with Gasteiger partial charge in [-0.3, -0.25) is 9.59 Å². The number of hydrogen-bond acceptors (Lipinski definition) is 4. The second kappa shape index (κ2) is 13.4. The van der Waals surface area contributed by atoms with Crippen molar-refractivity contribution in [3.05, 3.63) is 35.4 Å². The van der Waals surface area contributed by atoms with E-state index in [1.807, 2.05) is 58.9 Å². The summed E-state index contributed by atoms with van der Waals surface area (Å²) in [4.78, 5) is 41.3. The maximum absolute atomic E-state index is 13.8. The van der Waals surface area contributed by atoms with Crippen molar-refractivity contribution in [2.45, 2.75) is 105 Å². The van der Waals surface area contributed by atoms with Crippen LogP contribution >= 0.6 is 0 Å². The van der Waals surface area contributed by atoms with Gasteiger partial charge in [0.1, 0.15) is 17.7 Å². The Kier molecular flexibility index (Phi) is 11.6. The third-order valence-electron chi connectivity index (χ3n) is 5.38. The highest BCUT2D eigenvalue weighted by Crippen LogP contribution is 2.24. The Morgan fingerprint density at radius 2 is 1.59 bits per heavy atom. The Hall–Kier alpha value is -2.57. The topological polar surface area (TPSA) is 87.7 Å². The minimum absolute atomic E-state index is 0.00870. The van der Waals surface area contributed by atoms with Crippen LogP contribution in [0.1, 0.15) is 91.8 Å². The first-order valence-electron chi connectivity index (χ1n) is 12.5. The number of hydrogen-bond donors (Lipinski definition) is 2. The number of aryl methyl sites for hydroxylation is 1. The third-order valence-corrected chi connectivity index (χ3v) is 5.38. The summed E-state index contributed by atoms with van der Waals surface area (Å²) in [7, 11) is 0. The maximum Gasteiger partial charge on any atom is 0.408 e. The molecule has 0 aliphatic rings. The van der Waals surface area contributed by atoms with E-state index in [2.05, 4.69) is 17.6 Å². The lowest BCUT2D eigenvalue weighted by Gasteiger charge is -2.34. The van der Waals surface area contributed by atoms with Crippen molar-refractivity contribution >= 4 is 17.9 Å². The summed E-state index contributed by atoms with van der Waals surface area (Å²) in [6.45, 7) is 17.5. The summed E-state index contributed by atoms with van der Waals surface area (Å²) >= 11 is 0. The molecular formula is C27H45N3O4. The molecule has 0 spiro atoms. The molecule has 1 rings (SSSR count). The summed E-state index contributed by atoms with van der Waals surface area (Å²) in [5.74, 6) is -0.370. The summed E-state index contributed by atoms with van der Waals surface area (Å²) < 4.78 is 5.40. The van der Waals surface area contributed by atoms with Gasteiger partial charge >= 0.3 is 6.09 Å². The quantitative estimate of drug-likeness (QED) is 0.464. The molecule has 7 nitrogen and oxygen atoms in total. The first-order chi connectivity index (χ1) is 15.8. The Bertz CT molecular complexity index is 799. The molecule has 0 saturated carbocycles. The van der Waals surface area contributed by atoms with Gasteiger partial charge in [-0.1, -0.05) is 57.0 Å². The predicted molar refractivity (Wildman–Crippen MR) is 136 cm³/mol. The Morgan fingerprint density at radius 1 is 1.00 bits per heavy atom. The second-order valence-corrected chi connectivity index (χ2v) is 10.5. The van der Waals surface area contributed by atoms with Gasteiger partial charge in [0.15, 0.2) is 0 Å². The van der Waals surface area contributed by atoms with Crippen LogP contribution in [0, 0.1) is 12.8 Å². The zero-order valence-corrected chi connectivity index (χ0v) is 22.5. The zero-order valence-electron chi connectivity index (χ0n) is 22.5. The molecule has 192 valence electrons. The Balaban J connectivity index is 3.33. The average molecular weight is 476 g/mol. The van der Waals surface area contributed by atoms with Crippen LogP contribution in [0.15, 0.2) is 24.3 Å². The fourth-order valence-electron chi connectivity index (χ4n) is 3.86. The molecule has 0 radical (unpaired) electrons. The SMILES string of the molecule is CCCC(C)NC(=O)C(c1ccc(C)cc1)N(CC)C(=O)C(CC(C)C)NC(=O)OC(C)(C)C. The molecule has 0 aromatic heterocycles. The molecule has 1 aromatic rings. The summed E-state index contributed by atoms with van der Waals surface area (Å²) in [5, 5.41) is 5.82. The Morgan fingerprint density at radius 3 is 2.06 bits per heavy atom.